The molecular formula is C23H39N5O2. The fraction of sp³-hybridized carbons (Fsp3) is 0.609. The lowest BCUT2D eigenvalue weighted by Crippen LogP contribution is -2.68. The Kier molecular flexibility index (Phi) is 12.2. The first-order valence-electron chi connectivity index (χ1n) is 11.0. The molecule has 1 aromatic rings. The number of hydrogen-bond donors (Lipinski definition) is 4. The van der Waals surface area contributed by atoms with Gasteiger partial charge in [-0.25, -0.2) is 4.99 Å². The largest absolute Gasteiger partial charge is 0.481 e. The predicted octanol–water partition coefficient (Wildman–Crippen LogP) is 4.26. The smallest absolute Gasteiger partial charge is 0.300 e. The van der Waals surface area contributed by atoms with Crippen molar-refractivity contribution in [3.8, 4) is 0 Å². The predicted molar refractivity (Wildman–Crippen MR) is 125 cm³/mol. The standard InChI is InChI=1S/C21H35N5.C2H4O2/c1-4-5-6-7-8-9-13-16-22-19-24-20(26-21(2,3)25-19)23-17-18-14-11-10-12-15-18;1-2(3)4/h10-12,14-15H,4-9,13,16-17H2,1-3H3,(H3,22,23,24,25,26);1H3,(H,3,4). The highest BCUT2D eigenvalue weighted by atomic mass is 16.4. The van der Waals surface area contributed by atoms with Gasteiger partial charge >= 0.3 is 0 Å². The average Bonchev–Trinajstić information content (AvgIpc) is 2.68. The van der Waals surface area contributed by atoms with Crippen LogP contribution < -0.4 is 16.0 Å². The van der Waals surface area contributed by atoms with E-state index in [1.54, 1.807) is 0 Å². The molecule has 1 heterocycles. The molecule has 1 aliphatic rings. The summed E-state index contributed by atoms with van der Waals surface area (Å²) in [6.07, 6.45) is 9.12. The van der Waals surface area contributed by atoms with E-state index in [0.29, 0.717) is 6.54 Å². The number of carboxylic acid groups (broad SMARTS) is 1. The number of aliphatic imine (C=N–C) groups is 2. The van der Waals surface area contributed by atoms with Crippen molar-refractivity contribution in [2.75, 3.05) is 6.54 Å². The first kappa shape index (κ1) is 25.5. The van der Waals surface area contributed by atoms with Crippen LogP contribution in [0.4, 0.5) is 0 Å². The highest BCUT2D eigenvalue weighted by Gasteiger charge is 2.26. The lowest BCUT2D eigenvalue weighted by molar-refractivity contribution is -0.134. The van der Waals surface area contributed by atoms with Crippen molar-refractivity contribution in [3.05, 3.63) is 35.9 Å². The number of nitrogens with one attached hydrogen (secondary N) is 3. The van der Waals surface area contributed by atoms with E-state index in [0.717, 1.165) is 31.8 Å². The van der Waals surface area contributed by atoms with Gasteiger partial charge in [-0.3, -0.25) is 15.1 Å². The molecule has 0 radical (unpaired) electrons. The third-order valence-electron chi connectivity index (χ3n) is 4.39. The molecule has 0 bridgehead atoms. The Morgan fingerprint density at radius 2 is 1.47 bits per heavy atom. The highest BCUT2D eigenvalue weighted by molar-refractivity contribution is 6.01. The molecule has 2 rings (SSSR count). The molecule has 1 aliphatic heterocycles. The minimum absolute atomic E-state index is 0.264. The summed E-state index contributed by atoms with van der Waals surface area (Å²) < 4.78 is 0. The number of carbonyl (C=O) groups is 1. The number of benzene rings is 1. The van der Waals surface area contributed by atoms with Crippen LogP contribution in [0.5, 0.6) is 0 Å². The van der Waals surface area contributed by atoms with Gasteiger partial charge in [0, 0.05) is 13.5 Å². The van der Waals surface area contributed by atoms with Crippen LogP contribution in [0.3, 0.4) is 0 Å². The third kappa shape index (κ3) is 12.8. The molecule has 0 spiro atoms. The van der Waals surface area contributed by atoms with Crippen molar-refractivity contribution in [1.29, 1.82) is 0 Å². The molecular weight excluding hydrogens is 378 g/mol. The Labute approximate surface area is 181 Å². The van der Waals surface area contributed by atoms with Gasteiger partial charge in [0.1, 0.15) is 5.66 Å². The number of unbranched alkanes of at least 4 members (excludes halogenated alkanes) is 6. The number of guanidine groups is 2. The van der Waals surface area contributed by atoms with Gasteiger partial charge in [-0.05, 0) is 25.8 Å². The van der Waals surface area contributed by atoms with Gasteiger partial charge in [0.15, 0.2) is 11.9 Å². The van der Waals surface area contributed by atoms with Crippen LogP contribution in [0.2, 0.25) is 0 Å². The summed E-state index contributed by atoms with van der Waals surface area (Å²) in [6, 6.07) is 10.3. The summed E-state index contributed by atoms with van der Waals surface area (Å²) >= 11 is 0. The lowest BCUT2D eigenvalue weighted by Gasteiger charge is -2.36. The molecule has 7 nitrogen and oxygen atoms in total. The second kappa shape index (κ2) is 14.4. The molecule has 1 aromatic carbocycles. The van der Waals surface area contributed by atoms with Crippen molar-refractivity contribution in [2.24, 2.45) is 9.98 Å². The van der Waals surface area contributed by atoms with E-state index in [1.165, 1.54) is 44.1 Å². The van der Waals surface area contributed by atoms with Crippen molar-refractivity contribution in [3.63, 3.8) is 0 Å². The lowest BCUT2D eigenvalue weighted by atomic mass is 10.1. The summed E-state index contributed by atoms with van der Waals surface area (Å²) in [6.45, 7) is 9.03. The number of hydrogen-bond acceptors (Lipinski definition) is 3. The zero-order valence-electron chi connectivity index (χ0n) is 19.0. The summed E-state index contributed by atoms with van der Waals surface area (Å²) in [4.78, 5) is 18.4. The minimum Gasteiger partial charge on any atom is -0.481 e. The quantitative estimate of drug-likeness (QED) is 0.427. The zero-order valence-corrected chi connectivity index (χ0v) is 19.0. The van der Waals surface area contributed by atoms with Crippen LogP contribution in [0.25, 0.3) is 0 Å². The average molecular weight is 418 g/mol. The minimum atomic E-state index is -0.833. The maximum Gasteiger partial charge on any atom is 0.300 e. The van der Waals surface area contributed by atoms with Gasteiger partial charge in [0.25, 0.3) is 5.97 Å². The highest BCUT2D eigenvalue weighted by Crippen LogP contribution is 2.07. The van der Waals surface area contributed by atoms with Gasteiger partial charge < -0.3 is 15.7 Å². The molecule has 1 saturated heterocycles. The van der Waals surface area contributed by atoms with E-state index in [2.05, 4.69) is 53.8 Å². The molecule has 0 saturated carbocycles. The van der Waals surface area contributed by atoms with Crippen LogP contribution in [-0.2, 0) is 11.3 Å². The molecule has 0 amide bonds. The molecule has 4 N–H and O–H groups in total. The van der Waals surface area contributed by atoms with Gasteiger partial charge in [0.2, 0.25) is 0 Å². The molecule has 1 fully saturated rings. The van der Waals surface area contributed by atoms with E-state index in [9.17, 15) is 0 Å². The monoisotopic (exact) mass is 417 g/mol. The number of rotatable bonds is 10. The normalized spacial score (nSPS) is 17.3. The molecule has 0 aromatic heterocycles. The maximum atomic E-state index is 9.00. The van der Waals surface area contributed by atoms with Crippen LogP contribution in [0.15, 0.2) is 40.3 Å². The Morgan fingerprint density at radius 1 is 0.933 bits per heavy atom. The van der Waals surface area contributed by atoms with Gasteiger partial charge in [0.05, 0.1) is 6.54 Å². The third-order valence-corrected chi connectivity index (χ3v) is 4.39. The van der Waals surface area contributed by atoms with Crippen LogP contribution in [0, 0.1) is 0 Å². The molecule has 7 heteroatoms. The second-order valence-corrected chi connectivity index (χ2v) is 8.02. The Hall–Kier alpha value is -2.57. The zero-order chi connectivity index (χ0) is 22.2. The first-order valence-corrected chi connectivity index (χ1v) is 11.0. The van der Waals surface area contributed by atoms with Gasteiger partial charge in [-0.1, -0.05) is 75.8 Å². The molecule has 30 heavy (non-hydrogen) atoms. The van der Waals surface area contributed by atoms with E-state index in [4.69, 9.17) is 14.9 Å². The number of carboxylic acids is 1. The first-order chi connectivity index (χ1) is 14.3. The van der Waals surface area contributed by atoms with Gasteiger partial charge in [-0.15, -0.1) is 0 Å². The van der Waals surface area contributed by atoms with E-state index in [1.807, 2.05) is 18.2 Å². The molecule has 0 atom stereocenters. The summed E-state index contributed by atoms with van der Waals surface area (Å²) in [5, 5.41) is 17.4. The SMILES string of the molecule is CC(=O)O.CCCCCCCCCN=C1NC(=NCc2ccccc2)NC(C)(C)N1. The summed E-state index contributed by atoms with van der Waals surface area (Å²) in [5.74, 6) is 0.752. The van der Waals surface area contributed by atoms with Crippen LogP contribution >= 0.6 is 0 Å². The van der Waals surface area contributed by atoms with E-state index >= 15 is 0 Å². The van der Waals surface area contributed by atoms with Crippen molar-refractivity contribution in [2.45, 2.75) is 84.8 Å². The second-order valence-electron chi connectivity index (χ2n) is 8.02. The molecule has 168 valence electrons. The van der Waals surface area contributed by atoms with E-state index in [-0.39, 0.29) is 5.66 Å². The molecule has 0 aliphatic carbocycles. The Bertz CT molecular complexity index is 667. The van der Waals surface area contributed by atoms with Crippen LogP contribution in [-0.4, -0.2) is 35.2 Å². The van der Waals surface area contributed by atoms with Crippen molar-refractivity contribution in [1.82, 2.24) is 16.0 Å². The van der Waals surface area contributed by atoms with Crippen molar-refractivity contribution >= 4 is 17.9 Å². The molecule has 0 unspecified atom stereocenters. The fourth-order valence-electron chi connectivity index (χ4n) is 2.97. The van der Waals surface area contributed by atoms with Crippen LogP contribution in [0.1, 0.15) is 78.2 Å². The topological polar surface area (TPSA) is 98.1 Å². The Morgan fingerprint density at radius 3 is 2.07 bits per heavy atom. The van der Waals surface area contributed by atoms with Crippen molar-refractivity contribution < 1.29 is 9.90 Å². The summed E-state index contributed by atoms with van der Waals surface area (Å²) in [5.41, 5.74) is 0.932. The summed E-state index contributed by atoms with van der Waals surface area (Å²) in [7, 11) is 0. The van der Waals surface area contributed by atoms with E-state index < -0.39 is 5.97 Å². The number of aliphatic carboxylic acids is 1. The van der Waals surface area contributed by atoms with Gasteiger partial charge in [-0.2, -0.15) is 0 Å². The maximum absolute atomic E-state index is 9.00. The fourth-order valence-corrected chi connectivity index (χ4v) is 2.97. The number of nitrogens with zero attached hydrogens (tertiary/aromatic N) is 2. The Balaban J connectivity index is 0.00000103.